The fourth-order valence-corrected chi connectivity index (χ4v) is 9.92. The highest BCUT2D eigenvalue weighted by Gasteiger charge is 2.77. The Morgan fingerprint density at radius 2 is 1.89 bits per heavy atom. The molecular formula is C25H40O3. The van der Waals surface area contributed by atoms with E-state index in [4.69, 9.17) is 9.47 Å². The first-order valence-electron chi connectivity index (χ1n) is 11.9. The standard InChI is InChI=1S/C25H40O3/c1-15(14-28-16(2)26)19-6-7-20-18-12-22(27-5)25-13-17(25)8-11-24(25,4)21(18)9-10-23(19,20)3/h15,17-22H,6-14H2,1-5H3/t15-,17-,18+,19-,20+,21+,22-,23-,24-,25+/m1/s1. The van der Waals surface area contributed by atoms with Crippen LogP contribution in [0, 0.1) is 51.8 Å². The lowest BCUT2D eigenvalue weighted by Gasteiger charge is -2.61. The fraction of sp³-hybridized carbons (Fsp3) is 0.960. The lowest BCUT2D eigenvalue weighted by atomic mass is 9.45. The monoisotopic (exact) mass is 388 g/mol. The number of fused-ring (bicyclic) bond motifs is 4. The van der Waals surface area contributed by atoms with Crippen molar-refractivity contribution in [2.24, 2.45) is 51.8 Å². The quantitative estimate of drug-likeness (QED) is 0.599. The molecule has 0 unspecified atom stereocenters. The Morgan fingerprint density at radius 3 is 2.57 bits per heavy atom. The average Bonchev–Trinajstić information content (AvgIpc) is 3.16. The third kappa shape index (κ3) is 2.29. The van der Waals surface area contributed by atoms with E-state index in [1.54, 1.807) is 0 Å². The van der Waals surface area contributed by atoms with Crippen LogP contribution in [0.5, 0.6) is 0 Å². The van der Waals surface area contributed by atoms with Gasteiger partial charge in [-0.05, 0) is 97.7 Å². The van der Waals surface area contributed by atoms with E-state index in [0.29, 0.717) is 40.8 Å². The molecule has 5 saturated carbocycles. The van der Waals surface area contributed by atoms with Crippen LogP contribution in [0.4, 0.5) is 0 Å². The summed E-state index contributed by atoms with van der Waals surface area (Å²) in [5, 5.41) is 0. The van der Waals surface area contributed by atoms with Crippen molar-refractivity contribution >= 4 is 5.97 Å². The number of hydrogen-bond donors (Lipinski definition) is 0. The second-order valence-corrected chi connectivity index (χ2v) is 11.7. The van der Waals surface area contributed by atoms with Crippen molar-refractivity contribution in [3.05, 3.63) is 0 Å². The number of hydrogen-bond acceptors (Lipinski definition) is 3. The molecule has 5 fully saturated rings. The maximum atomic E-state index is 11.3. The summed E-state index contributed by atoms with van der Waals surface area (Å²) in [5.74, 6) is 4.57. The first-order valence-corrected chi connectivity index (χ1v) is 11.9. The summed E-state index contributed by atoms with van der Waals surface area (Å²) in [7, 11) is 1.98. The van der Waals surface area contributed by atoms with Crippen molar-refractivity contribution in [3.63, 3.8) is 0 Å². The minimum atomic E-state index is -0.135. The topological polar surface area (TPSA) is 35.5 Å². The van der Waals surface area contributed by atoms with Crippen molar-refractivity contribution in [3.8, 4) is 0 Å². The van der Waals surface area contributed by atoms with Crippen molar-refractivity contribution < 1.29 is 14.3 Å². The van der Waals surface area contributed by atoms with Crippen LogP contribution < -0.4 is 0 Å². The van der Waals surface area contributed by atoms with Crippen LogP contribution in [0.25, 0.3) is 0 Å². The lowest BCUT2D eigenvalue weighted by molar-refractivity contribution is -0.162. The molecule has 1 spiro atoms. The summed E-state index contributed by atoms with van der Waals surface area (Å²) in [6.45, 7) is 9.68. The second kappa shape index (κ2) is 6.22. The molecule has 5 aliphatic carbocycles. The minimum absolute atomic E-state index is 0.135. The molecule has 10 atom stereocenters. The van der Waals surface area contributed by atoms with Crippen molar-refractivity contribution in [2.75, 3.05) is 13.7 Å². The van der Waals surface area contributed by atoms with E-state index in [0.717, 1.165) is 23.7 Å². The number of rotatable bonds is 4. The smallest absolute Gasteiger partial charge is 0.302 e. The largest absolute Gasteiger partial charge is 0.466 e. The first kappa shape index (κ1) is 19.4. The Bertz CT molecular complexity index is 660. The van der Waals surface area contributed by atoms with Gasteiger partial charge in [-0.3, -0.25) is 4.79 Å². The summed E-state index contributed by atoms with van der Waals surface area (Å²) in [6, 6.07) is 0. The number of ether oxygens (including phenoxy) is 2. The number of carbonyl (C=O) groups is 1. The van der Waals surface area contributed by atoms with Crippen LogP contribution in [-0.2, 0) is 14.3 Å². The Hall–Kier alpha value is -0.570. The van der Waals surface area contributed by atoms with Crippen molar-refractivity contribution in [2.45, 2.75) is 85.2 Å². The van der Waals surface area contributed by atoms with Crippen LogP contribution in [0.15, 0.2) is 0 Å². The van der Waals surface area contributed by atoms with Crippen LogP contribution in [0.2, 0.25) is 0 Å². The van der Waals surface area contributed by atoms with Gasteiger partial charge >= 0.3 is 5.97 Å². The van der Waals surface area contributed by atoms with E-state index >= 15 is 0 Å². The second-order valence-electron chi connectivity index (χ2n) is 11.7. The predicted molar refractivity (Wildman–Crippen MR) is 110 cm³/mol. The van der Waals surface area contributed by atoms with Crippen LogP contribution in [-0.4, -0.2) is 25.8 Å². The molecule has 5 rings (SSSR count). The SMILES string of the molecule is CO[C@@H]1C[C@H]2[C@@H]3CC[C@H]([C@H](C)COC(C)=O)[C@@]3(C)CC[C@@H]2[C@@]2(C)CC[C@@H]3C[C@]312. The van der Waals surface area contributed by atoms with Gasteiger partial charge in [-0.1, -0.05) is 20.8 Å². The van der Waals surface area contributed by atoms with E-state index in [-0.39, 0.29) is 5.97 Å². The maximum absolute atomic E-state index is 11.3. The first-order chi connectivity index (χ1) is 13.3. The van der Waals surface area contributed by atoms with Gasteiger partial charge in [0.25, 0.3) is 0 Å². The Labute approximate surface area is 171 Å². The van der Waals surface area contributed by atoms with Gasteiger partial charge < -0.3 is 9.47 Å². The predicted octanol–water partition coefficient (Wildman–Crippen LogP) is 5.47. The summed E-state index contributed by atoms with van der Waals surface area (Å²) < 4.78 is 11.6. The molecule has 3 heteroatoms. The highest BCUT2D eigenvalue weighted by molar-refractivity contribution is 5.65. The third-order valence-electron chi connectivity index (χ3n) is 11.1. The molecule has 5 aliphatic rings. The van der Waals surface area contributed by atoms with E-state index in [2.05, 4.69) is 20.8 Å². The Balaban J connectivity index is 1.40. The number of esters is 1. The summed E-state index contributed by atoms with van der Waals surface area (Å²) in [6.07, 6.45) is 11.6. The summed E-state index contributed by atoms with van der Waals surface area (Å²) in [5.41, 5.74) is 1.46. The summed E-state index contributed by atoms with van der Waals surface area (Å²) >= 11 is 0. The number of carbonyl (C=O) groups excluding carboxylic acids is 1. The van der Waals surface area contributed by atoms with Gasteiger partial charge in [0, 0.05) is 19.4 Å². The molecule has 0 heterocycles. The zero-order valence-electron chi connectivity index (χ0n) is 18.6. The highest BCUT2D eigenvalue weighted by Crippen LogP contribution is 2.82. The summed E-state index contributed by atoms with van der Waals surface area (Å²) in [4.78, 5) is 11.3. The van der Waals surface area contributed by atoms with Gasteiger partial charge in [0.15, 0.2) is 0 Å². The number of methoxy groups -OCH3 is 1. The van der Waals surface area contributed by atoms with Gasteiger partial charge in [0.1, 0.15) is 0 Å². The van der Waals surface area contributed by atoms with Gasteiger partial charge in [0.2, 0.25) is 0 Å². The molecular weight excluding hydrogens is 348 g/mol. The van der Waals surface area contributed by atoms with Gasteiger partial charge in [-0.15, -0.1) is 0 Å². The zero-order chi connectivity index (χ0) is 19.9. The molecule has 0 aromatic carbocycles. The normalized spacial score (nSPS) is 54.9. The molecule has 0 radical (unpaired) electrons. The molecule has 0 bridgehead atoms. The highest BCUT2D eigenvalue weighted by atomic mass is 16.5. The molecule has 0 aromatic rings. The fourth-order valence-electron chi connectivity index (χ4n) is 9.92. The lowest BCUT2D eigenvalue weighted by Crippen LogP contribution is -2.57. The third-order valence-corrected chi connectivity index (χ3v) is 11.1. The van der Waals surface area contributed by atoms with Crippen molar-refractivity contribution in [1.82, 2.24) is 0 Å². The van der Waals surface area contributed by atoms with Crippen LogP contribution in [0.1, 0.15) is 79.1 Å². The zero-order valence-corrected chi connectivity index (χ0v) is 18.6. The Morgan fingerprint density at radius 1 is 1.11 bits per heavy atom. The maximum Gasteiger partial charge on any atom is 0.302 e. The molecule has 0 N–H and O–H groups in total. The Kier molecular flexibility index (Phi) is 4.31. The molecule has 0 saturated heterocycles. The van der Waals surface area contributed by atoms with Gasteiger partial charge in [0.05, 0.1) is 12.7 Å². The van der Waals surface area contributed by atoms with E-state index < -0.39 is 0 Å². The van der Waals surface area contributed by atoms with E-state index in [1.165, 1.54) is 58.3 Å². The minimum Gasteiger partial charge on any atom is -0.466 e. The van der Waals surface area contributed by atoms with Crippen LogP contribution >= 0.6 is 0 Å². The van der Waals surface area contributed by atoms with Crippen LogP contribution in [0.3, 0.4) is 0 Å². The van der Waals surface area contributed by atoms with E-state index in [1.807, 2.05) is 7.11 Å². The molecule has 28 heavy (non-hydrogen) atoms. The molecule has 0 aliphatic heterocycles. The van der Waals surface area contributed by atoms with Gasteiger partial charge in [-0.25, -0.2) is 0 Å². The molecule has 0 amide bonds. The molecule has 3 nitrogen and oxygen atoms in total. The molecule has 0 aromatic heterocycles. The van der Waals surface area contributed by atoms with E-state index in [9.17, 15) is 4.79 Å². The van der Waals surface area contributed by atoms with Gasteiger partial charge in [-0.2, -0.15) is 0 Å². The molecule has 158 valence electrons. The average molecular weight is 389 g/mol. The van der Waals surface area contributed by atoms with Crippen molar-refractivity contribution in [1.29, 1.82) is 0 Å².